The summed E-state index contributed by atoms with van der Waals surface area (Å²) in [5.74, 6) is -0.626. The zero-order valence-corrected chi connectivity index (χ0v) is 13.0. The van der Waals surface area contributed by atoms with E-state index in [0.29, 0.717) is 0 Å². The number of hydrogen-bond donors (Lipinski definition) is 1. The molecule has 0 fully saturated rings. The zero-order chi connectivity index (χ0) is 14.6. The van der Waals surface area contributed by atoms with Crippen molar-refractivity contribution < 1.29 is 22.2 Å². The van der Waals surface area contributed by atoms with E-state index in [-0.39, 0.29) is 15.7 Å². The van der Waals surface area contributed by atoms with Gasteiger partial charge < -0.3 is 4.74 Å². The summed E-state index contributed by atoms with van der Waals surface area (Å²) in [6.07, 6.45) is 1.48. The van der Waals surface area contributed by atoms with E-state index in [1.165, 1.54) is 11.8 Å². The van der Waals surface area contributed by atoms with E-state index in [4.69, 9.17) is 0 Å². The minimum atomic E-state index is -3.88. The fourth-order valence-electron chi connectivity index (χ4n) is 1.36. The van der Waals surface area contributed by atoms with Crippen LogP contribution in [0.1, 0.15) is 17.4 Å². The molecule has 1 rings (SSSR count). The van der Waals surface area contributed by atoms with Gasteiger partial charge in [-0.3, -0.25) is 4.21 Å². The third-order valence-corrected chi connectivity index (χ3v) is 5.93. The van der Waals surface area contributed by atoms with Gasteiger partial charge >= 0.3 is 5.97 Å². The molecule has 108 valence electrons. The van der Waals surface area contributed by atoms with Crippen LogP contribution in [0.5, 0.6) is 0 Å². The fourth-order valence-corrected chi connectivity index (χ4v) is 4.65. The van der Waals surface area contributed by atoms with Crippen LogP contribution in [0, 0.1) is 0 Å². The van der Waals surface area contributed by atoms with Gasteiger partial charge in [-0.1, -0.05) is 0 Å². The molecule has 0 aliphatic rings. The molecule has 0 saturated heterocycles. The topological polar surface area (TPSA) is 102 Å². The Morgan fingerprint density at radius 2 is 2.26 bits per heavy atom. The first-order valence-electron chi connectivity index (χ1n) is 5.12. The normalized spacial score (nSPS) is 14.9. The molecule has 19 heavy (non-hydrogen) atoms. The lowest BCUT2D eigenvalue weighted by Crippen LogP contribution is -2.36. The number of rotatable bonds is 6. The summed E-state index contributed by atoms with van der Waals surface area (Å²) in [7, 11) is -3.85. The van der Waals surface area contributed by atoms with E-state index in [9.17, 15) is 17.4 Å². The monoisotopic (exact) mass is 326 g/mol. The van der Waals surface area contributed by atoms with Crippen LogP contribution in [0.3, 0.4) is 0 Å². The molecule has 0 amide bonds. The van der Waals surface area contributed by atoms with Gasteiger partial charge in [-0.05, 0) is 6.92 Å². The lowest BCUT2D eigenvalue weighted by atomic mass is 10.4. The highest BCUT2D eigenvalue weighted by molar-refractivity contribution is 7.91. The molecule has 0 aliphatic carbocycles. The molecule has 1 heterocycles. The van der Waals surface area contributed by atoms with Crippen LogP contribution in [0.2, 0.25) is 0 Å². The maximum Gasteiger partial charge on any atom is 0.358 e. The van der Waals surface area contributed by atoms with Gasteiger partial charge in [0.15, 0.2) is 9.90 Å². The lowest BCUT2D eigenvalue weighted by Gasteiger charge is -2.12. The standard InChI is InChI=1S/C9H14N2O5S3/c1-6(4-18(3)13)11-19(14,15)9-7(8(12)16-2)10-5-17-9/h5-6,11H,4H2,1-3H3. The second-order valence-electron chi connectivity index (χ2n) is 3.74. The van der Waals surface area contributed by atoms with Gasteiger partial charge in [0.25, 0.3) is 10.0 Å². The molecule has 1 N–H and O–H groups in total. The van der Waals surface area contributed by atoms with E-state index in [0.717, 1.165) is 18.4 Å². The number of nitrogens with zero attached hydrogens (tertiary/aromatic N) is 1. The molecule has 2 atom stereocenters. The minimum Gasteiger partial charge on any atom is -0.464 e. The van der Waals surface area contributed by atoms with E-state index in [1.54, 1.807) is 6.92 Å². The van der Waals surface area contributed by atoms with Gasteiger partial charge in [0.1, 0.15) is 0 Å². The Balaban J connectivity index is 2.98. The number of carbonyl (C=O) groups excluding carboxylic acids is 1. The summed E-state index contributed by atoms with van der Waals surface area (Å²) in [4.78, 5) is 15.1. The van der Waals surface area contributed by atoms with E-state index >= 15 is 0 Å². The average Bonchev–Trinajstić information content (AvgIpc) is 2.75. The Hall–Kier alpha value is -0.840. The van der Waals surface area contributed by atoms with E-state index in [1.807, 2.05) is 0 Å². The van der Waals surface area contributed by atoms with Crippen LogP contribution in [0.25, 0.3) is 0 Å². The quantitative estimate of drug-likeness (QED) is 0.737. The highest BCUT2D eigenvalue weighted by Crippen LogP contribution is 2.20. The predicted molar refractivity (Wildman–Crippen MR) is 72.2 cm³/mol. The molecule has 7 nitrogen and oxygen atoms in total. The first-order chi connectivity index (χ1) is 8.77. The summed E-state index contributed by atoms with van der Waals surface area (Å²) in [5.41, 5.74) is 1.01. The Bertz CT molecular complexity index is 580. The van der Waals surface area contributed by atoms with Crippen LogP contribution in [0.4, 0.5) is 0 Å². The molecule has 0 spiro atoms. The highest BCUT2D eigenvalue weighted by Gasteiger charge is 2.27. The Morgan fingerprint density at radius 1 is 1.63 bits per heavy atom. The van der Waals surface area contributed by atoms with Crippen molar-refractivity contribution in [2.45, 2.75) is 17.2 Å². The molecule has 0 aromatic carbocycles. The van der Waals surface area contributed by atoms with Crippen molar-refractivity contribution >= 4 is 38.1 Å². The van der Waals surface area contributed by atoms with Gasteiger partial charge in [0, 0.05) is 28.9 Å². The summed E-state index contributed by atoms with van der Waals surface area (Å²) < 4.78 is 41.8. The Morgan fingerprint density at radius 3 is 2.79 bits per heavy atom. The maximum atomic E-state index is 12.1. The lowest BCUT2D eigenvalue weighted by molar-refractivity contribution is 0.0590. The summed E-state index contributed by atoms with van der Waals surface area (Å²) in [5, 5.41) is 0. The first-order valence-corrected chi connectivity index (χ1v) is 9.21. The molecule has 0 bridgehead atoms. The number of methoxy groups -OCH3 is 1. The third kappa shape index (κ3) is 4.34. The number of sulfonamides is 1. The average molecular weight is 326 g/mol. The van der Waals surface area contributed by atoms with Crippen molar-refractivity contribution in [2.24, 2.45) is 0 Å². The number of nitrogens with one attached hydrogen (secondary N) is 1. The minimum absolute atomic E-state index is 0.186. The number of thiazole rings is 1. The Labute approximate surface area is 117 Å². The van der Waals surface area contributed by atoms with Gasteiger partial charge in [-0.25, -0.2) is 22.9 Å². The summed E-state index contributed by atoms with van der Waals surface area (Å²) in [6, 6.07) is -0.511. The van der Waals surface area contributed by atoms with Gasteiger partial charge in [-0.15, -0.1) is 11.3 Å². The molecule has 1 aromatic rings. The van der Waals surface area contributed by atoms with Crippen molar-refractivity contribution in [3.63, 3.8) is 0 Å². The summed E-state index contributed by atoms with van der Waals surface area (Å²) >= 11 is 0.823. The third-order valence-electron chi connectivity index (χ3n) is 2.00. The second-order valence-corrected chi connectivity index (χ2v) is 7.99. The molecule has 0 radical (unpaired) electrons. The van der Waals surface area contributed by atoms with Crippen LogP contribution < -0.4 is 4.72 Å². The van der Waals surface area contributed by atoms with Crippen LogP contribution in [-0.4, -0.2) is 48.7 Å². The highest BCUT2D eigenvalue weighted by atomic mass is 32.2. The second kappa shape index (κ2) is 6.55. The number of ether oxygens (including phenoxy) is 1. The maximum absolute atomic E-state index is 12.1. The van der Waals surface area contributed by atoms with Crippen molar-refractivity contribution in [1.82, 2.24) is 9.71 Å². The van der Waals surface area contributed by atoms with Gasteiger partial charge in [0.05, 0.1) is 12.6 Å². The number of carbonyl (C=O) groups is 1. The fraction of sp³-hybridized carbons (Fsp3) is 0.556. The van der Waals surface area contributed by atoms with Crippen LogP contribution in [0.15, 0.2) is 9.72 Å². The van der Waals surface area contributed by atoms with Crippen molar-refractivity contribution in [2.75, 3.05) is 19.1 Å². The summed E-state index contributed by atoms with van der Waals surface area (Å²) in [6.45, 7) is 1.60. The zero-order valence-electron chi connectivity index (χ0n) is 10.6. The number of aromatic nitrogens is 1. The first kappa shape index (κ1) is 16.2. The van der Waals surface area contributed by atoms with Crippen molar-refractivity contribution in [3.05, 3.63) is 11.2 Å². The van der Waals surface area contributed by atoms with E-state index < -0.39 is 32.8 Å². The molecule has 2 unspecified atom stereocenters. The molecular formula is C9H14N2O5S3. The van der Waals surface area contributed by atoms with Crippen LogP contribution in [-0.2, 0) is 25.6 Å². The molecular weight excluding hydrogens is 312 g/mol. The molecule has 10 heteroatoms. The smallest absolute Gasteiger partial charge is 0.358 e. The largest absolute Gasteiger partial charge is 0.464 e. The molecule has 0 saturated carbocycles. The number of esters is 1. The van der Waals surface area contributed by atoms with Gasteiger partial charge in [0.2, 0.25) is 0 Å². The van der Waals surface area contributed by atoms with E-state index in [2.05, 4.69) is 14.4 Å². The van der Waals surface area contributed by atoms with Crippen LogP contribution >= 0.6 is 11.3 Å². The molecule has 1 aromatic heterocycles. The Kier molecular flexibility index (Phi) is 5.59. The van der Waals surface area contributed by atoms with Gasteiger partial charge in [-0.2, -0.15) is 0 Å². The number of hydrogen-bond acceptors (Lipinski definition) is 7. The molecule has 0 aliphatic heterocycles. The van der Waals surface area contributed by atoms with Crippen molar-refractivity contribution in [3.8, 4) is 0 Å². The predicted octanol–water partition coefficient (Wildman–Crippen LogP) is -0.0250. The van der Waals surface area contributed by atoms with Crippen molar-refractivity contribution in [1.29, 1.82) is 0 Å². The SMILES string of the molecule is COC(=O)c1ncsc1S(=O)(=O)NC(C)CS(C)=O.